The average Bonchev–Trinajstić information content (AvgIpc) is 2.77. The van der Waals surface area contributed by atoms with E-state index >= 15 is 0 Å². The predicted octanol–water partition coefficient (Wildman–Crippen LogP) is 0.145. The minimum Gasteiger partial charge on any atom is -0.450 e. The van der Waals surface area contributed by atoms with Crippen molar-refractivity contribution in [1.29, 1.82) is 0 Å². The van der Waals surface area contributed by atoms with Gasteiger partial charge in [0.2, 0.25) is 5.91 Å². The first-order chi connectivity index (χ1) is 11.0. The van der Waals surface area contributed by atoms with Crippen molar-refractivity contribution in [2.45, 2.75) is 6.92 Å². The lowest BCUT2D eigenvalue weighted by Crippen LogP contribution is -2.42. The van der Waals surface area contributed by atoms with Gasteiger partial charge in [0, 0.05) is 13.1 Å². The molecule has 0 atom stereocenters. The second-order valence-electron chi connectivity index (χ2n) is 4.74. The Morgan fingerprint density at radius 1 is 1.04 bits per heavy atom. The summed E-state index contributed by atoms with van der Waals surface area (Å²) in [7, 11) is 0. The maximum Gasteiger partial charge on any atom is 0.407 e. The molecule has 1 aliphatic rings. The minimum absolute atomic E-state index is 0.167. The summed E-state index contributed by atoms with van der Waals surface area (Å²) >= 11 is 0. The molecule has 1 aromatic rings. The van der Waals surface area contributed by atoms with Crippen LogP contribution in [-0.2, 0) is 9.53 Å². The summed E-state index contributed by atoms with van der Waals surface area (Å²) in [6, 6.07) is 6.43. The van der Waals surface area contributed by atoms with Crippen molar-refractivity contribution in [2.75, 3.05) is 26.2 Å². The monoisotopic (exact) mass is 319 g/mol. The fourth-order valence-corrected chi connectivity index (χ4v) is 2.13. The fraction of sp³-hybridized carbons (Fsp3) is 0.333. The Bertz CT molecular complexity index is 609. The van der Waals surface area contributed by atoms with E-state index in [1.54, 1.807) is 31.2 Å². The Morgan fingerprint density at radius 3 is 2.17 bits per heavy atom. The number of hydrogen-bond donors (Lipinski definition) is 2. The number of ether oxygens (including phenoxy) is 1. The molecule has 0 fully saturated rings. The number of nitrogens with one attached hydrogen (secondary N) is 2. The lowest BCUT2D eigenvalue weighted by molar-refractivity contribution is -0.121. The van der Waals surface area contributed by atoms with Gasteiger partial charge >= 0.3 is 6.09 Å². The number of alkyl carbamates (subject to hydrolysis) is 1. The van der Waals surface area contributed by atoms with Crippen molar-refractivity contribution in [3.8, 4) is 0 Å². The molecule has 0 unspecified atom stereocenters. The number of benzene rings is 1. The molecule has 0 saturated heterocycles. The van der Waals surface area contributed by atoms with E-state index in [1.165, 1.54) is 0 Å². The smallest absolute Gasteiger partial charge is 0.407 e. The quantitative estimate of drug-likeness (QED) is 0.573. The van der Waals surface area contributed by atoms with Crippen LogP contribution >= 0.6 is 0 Å². The summed E-state index contributed by atoms with van der Waals surface area (Å²) in [6.07, 6.45) is -0.568. The zero-order valence-electron chi connectivity index (χ0n) is 12.6. The minimum atomic E-state index is -0.568. The van der Waals surface area contributed by atoms with Gasteiger partial charge in [0.25, 0.3) is 11.8 Å². The van der Waals surface area contributed by atoms with Gasteiger partial charge in [0.1, 0.15) is 6.54 Å². The third-order valence-electron chi connectivity index (χ3n) is 3.17. The van der Waals surface area contributed by atoms with Gasteiger partial charge < -0.3 is 15.4 Å². The Hall–Kier alpha value is -2.90. The molecule has 1 aromatic carbocycles. The maximum absolute atomic E-state index is 12.1. The van der Waals surface area contributed by atoms with Gasteiger partial charge in [-0.15, -0.1) is 0 Å². The molecule has 23 heavy (non-hydrogen) atoms. The highest BCUT2D eigenvalue weighted by Gasteiger charge is 2.36. The van der Waals surface area contributed by atoms with Gasteiger partial charge in [0.05, 0.1) is 17.7 Å². The standard InChI is InChI=1S/C15H17N3O5/c1-2-23-15(22)17-8-7-16-12(19)9-18-13(20)10-5-3-4-6-11(10)14(18)21/h3-6H,2,7-9H2,1H3,(H,16,19)(H,17,22). The number of imide groups is 1. The van der Waals surface area contributed by atoms with Crippen molar-refractivity contribution in [1.82, 2.24) is 15.5 Å². The normalized spacial score (nSPS) is 12.8. The SMILES string of the molecule is CCOC(=O)NCCNC(=O)CN1C(=O)c2ccccc2C1=O. The third-order valence-corrected chi connectivity index (χ3v) is 3.17. The van der Waals surface area contributed by atoms with Crippen LogP contribution in [0.4, 0.5) is 4.79 Å². The molecule has 1 heterocycles. The van der Waals surface area contributed by atoms with Crippen LogP contribution in [0, 0.1) is 0 Å². The number of nitrogens with zero attached hydrogens (tertiary/aromatic N) is 1. The first-order valence-corrected chi connectivity index (χ1v) is 7.17. The zero-order chi connectivity index (χ0) is 16.8. The second-order valence-corrected chi connectivity index (χ2v) is 4.74. The van der Waals surface area contributed by atoms with Gasteiger partial charge in [-0.3, -0.25) is 19.3 Å². The van der Waals surface area contributed by atoms with Crippen LogP contribution in [0.3, 0.4) is 0 Å². The summed E-state index contributed by atoms with van der Waals surface area (Å²) < 4.78 is 4.66. The number of amides is 4. The number of rotatable bonds is 6. The van der Waals surface area contributed by atoms with E-state index in [9.17, 15) is 19.2 Å². The largest absolute Gasteiger partial charge is 0.450 e. The molecule has 8 nitrogen and oxygen atoms in total. The summed E-state index contributed by atoms with van der Waals surface area (Å²) in [5.41, 5.74) is 0.601. The van der Waals surface area contributed by atoms with Gasteiger partial charge in [-0.25, -0.2) is 4.79 Å². The summed E-state index contributed by atoms with van der Waals surface area (Å²) in [6.45, 7) is 1.95. The van der Waals surface area contributed by atoms with E-state index in [1.807, 2.05) is 0 Å². The number of carbonyl (C=O) groups is 4. The molecule has 0 saturated carbocycles. The summed E-state index contributed by atoms with van der Waals surface area (Å²) in [5, 5.41) is 4.96. The van der Waals surface area contributed by atoms with Crippen molar-refractivity contribution < 1.29 is 23.9 Å². The van der Waals surface area contributed by atoms with Crippen LogP contribution < -0.4 is 10.6 Å². The van der Waals surface area contributed by atoms with Crippen LogP contribution in [-0.4, -0.2) is 55.0 Å². The van der Waals surface area contributed by atoms with Crippen molar-refractivity contribution in [2.24, 2.45) is 0 Å². The van der Waals surface area contributed by atoms with Crippen LogP contribution in [0.25, 0.3) is 0 Å². The zero-order valence-corrected chi connectivity index (χ0v) is 12.6. The summed E-state index contributed by atoms with van der Waals surface area (Å²) in [4.78, 5) is 47.9. The van der Waals surface area contributed by atoms with Crippen LogP contribution in [0.5, 0.6) is 0 Å². The number of carbonyl (C=O) groups excluding carboxylic acids is 4. The van der Waals surface area contributed by atoms with E-state index in [-0.39, 0.29) is 26.2 Å². The van der Waals surface area contributed by atoms with Gasteiger partial charge in [-0.1, -0.05) is 12.1 Å². The number of hydrogen-bond acceptors (Lipinski definition) is 5. The fourth-order valence-electron chi connectivity index (χ4n) is 2.13. The molecular weight excluding hydrogens is 302 g/mol. The highest BCUT2D eigenvalue weighted by Crippen LogP contribution is 2.21. The molecule has 0 radical (unpaired) electrons. The first kappa shape index (κ1) is 16.5. The van der Waals surface area contributed by atoms with E-state index < -0.39 is 23.8 Å². The molecule has 0 aromatic heterocycles. The van der Waals surface area contributed by atoms with Crippen molar-refractivity contribution in [3.63, 3.8) is 0 Å². The molecule has 2 rings (SSSR count). The highest BCUT2D eigenvalue weighted by atomic mass is 16.5. The van der Waals surface area contributed by atoms with Crippen LogP contribution in [0.2, 0.25) is 0 Å². The van der Waals surface area contributed by atoms with Gasteiger partial charge in [-0.2, -0.15) is 0 Å². The lowest BCUT2D eigenvalue weighted by Gasteiger charge is -2.13. The van der Waals surface area contributed by atoms with Crippen LogP contribution in [0.1, 0.15) is 27.6 Å². The molecule has 1 aliphatic heterocycles. The lowest BCUT2D eigenvalue weighted by atomic mass is 10.1. The Morgan fingerprint density at radius 2 is 1.61 bits per heavy atom. The van der Waals surface area contributed by atoms with E-state index in [0.29, 0.717) is 11.1 Å². The Balaban J connectivity index is 1.80. The predicted molar refractivity (Wildman–Crippen MR) is 79.8 cm³/mol. The first-order valence-electron chi connectivity index (χ1n) is 7.17. The molecule has 0 aliphatic carbocycles. The maximum atomic E-state index is 12.1. The average molecular weight is 319 g/mol. The molecule has 0 bridgehead atoms. The van der Waals surface area contributed by atoms with Crippen molar-refractivity contribution in [3.05, 3.63) is 35.4 Å². The number of fused-ring (bicyclic) bond motifs is 1. The molecule has 122 valence electrons. The molecule has 0 spiro atoms. The van der Waals surface area contributed by atoms with E-state index in [0.717, 1.165) is 4.90 Å². The molecule has 8 heteroatoms. The highest BCUT2D eigenvalue weighted by molar-refractivity contribution is 6.22. The third kappa shape index (κ3) is 3.85. The second kappa shape index (κ2) is 7.39. The molecular formula is C15H17N3O5. The van der Waals surface area contributed by atoms with Crippen molar-refractivity contribution >= 4 is 23.8 Å². The Kier molecular flexibility index (Phi) is 5.29. The van der Waals surface area contributed by atoms with E-state index in [2.05, 4.69) is 15.4 Å². The van der Waals surface area contributed by atoms with Gasteiger partial charge in [-0.05, 0) is 19.1 Å². The van der Waals surface area contributed by atoms with Crippen LogP contribution in [0.15, 0.2) is 24.3 Å². The van der Waals surface area contributed by atoms with Gasteiger partial charge in [0.15, 0.2) is 0 Å². The molecule has 4 amide bonds. The topological polar surface area (TPSA) is 105 Å². The van der Waals surface area contributed by atoms with E-state index in [4.69, 9.17) is 0 Å². The Labute approximate surface area is 132 Å². The molecule has 2 N–H and O–H groups in total. The summed E-state index contributed by atoms with van der Waals surface area (Å²) in [5.74, 6) is -1.44.